The van der Waals surface area contributed by atoms with Crippen molar-refractivity contribution in [1.29, 1.82) is 0 Å². The van der Waals surface area contributed by atoms with Crippen molar-refractivity contribution in [3.05, 3.63) is 29.8 Å². The average Bonchev–Trinajstić information content (AvgIpc) is 2.26. The minimum Gasteiger partial charge on any atom is -0.458 e. The predicted molar refractivity (Wildman–Crippen MR) is 68.0 cm³/mol. The predicted octanol–water partition coefficient (Wildman–Crippen LogP) is 2.76. The third-order valence-corrected chi connectivity index (χ3v) is 2.74. The Bertz CT molecular complexity index is 420. The lowest BCUT2D eigenvalue weighted by atomic mass is 9.98. The molecule has 0 aromatic heterocycles. The normalized spacial score (nSPS) is 19.1. The van der Waals surface area contributed by atoms with Gasteiger partial charge in [0.05, 0.1) is 0 Å². The van der Waals surface area contributed by atoms with Crippen LogP contribution in [0.1, 0.15) is 32.8 Å². The van der Waals surface area contributed by atoms with Crippen LogP contribution in [0.15, 0.2) is 24.3 Å². The number of hydrogen-bond donors (Lipinski definition) is 1. The molecule has 0 aliphatic carbocycles. The van der Waals surface area contributed by atoms with E-state index >= 15 is 0 Å². The van der Waals surface area contributed by atoms with E-state index in [0.717, 1.165) is 18.5 Å². The Kier molecular flexibility index (Phi) is 3.09. The van der Waals surface area contributed by atoms with Gasteiger partial charge in [0.15, 0.2) is 0 Å². The number of esters is 1. The highest BCUT2D eigenvalue weighted by Crippen LogP contribution is 2.25. The fourth-order valence-corrected chi connectivity index (χ4v) is 1.99. The monoisotopic (exact) mass is 233 g/mol. The molecule has 3 heteroatoms. The van der Waals surface area contributed by atoms with E-state index in [-0.39, 0.29) is 12.0 Å². The molecule has 0 unspecified atom stereocenters. The van der Waals surface area contributed by atoms with Crippen molar-refractivity contribution in [2.45, 2.75) is 45.3 Å². The molecule has 1 aromatic carbocycles. The summed E-state index contributed by atoms with van der Waals surface area (Å²) in [7, 11) is 0. The second-order valence-corrected chi connectivity index (χ2v) is 5.43. The fourth-order valence-electron chi connectivity index (χ4n) is 1.99. The van der Waals surface area contributed by atoms with Crippen LogP contribution in [-0.4, -0.2) is 17.6 Å². The van der Waals surface area contributed by atoms with E-state index < -0.39 is 5.60 Å². The molecular formula is C14H19NO2. The summed E-state index contributed by atoms with van der Waals surface area (Å²) >= 11 is 0. The van der Waals surface area contributed by atoms with Crippen LogP contribution < -0.4 is 5.32 Å². The van der Waals surface area contributed by atoms with Crippen molar-refractivity contribution >= 4 is 11.7 Å². The van der Waals surface area contributed by atoms with Crippen LogP contribution in [0.4, 0.5) is 5.69 Å². The zero-order valence-corrected chi connectivity index (χ0v) is 10.6. The number of para-hydroxylation sites is 1. The molecule has 3 nitrogen and oxygen atoms in total. The van der Waals surface area contributed by atoms with Gasteiger partial charge < -0.3 is 10.1 Å². The minimum atomic E-state index is -0.421. The first-order valence-electron chi connectivity index (χ1n) is 6.03. The van der Waals surface area contributed by atoms with E-state index in [1.165, 1.54) is 5.56 Å². The van der Waals surface area contributed by atoms with Crippen LogP contribution in [0.25, 0.3) is 0 Å². The largest absolute Gasteiger partial charge is 0.458 e. The second-order valence-electron chi connectivity index (χ2n) is 5.43. The van der Waals surface area contributed by atoms with Gasteiger partial charge in [0.2, 0.25) is 0 Å². The van der Waals surface area contributed by atoms with Gasteiger partial charge in [-0.2, -0.15) is 0 Å². The molecule has 0 fully saturated rings. The molecule has 0 saturated heterocycles. The summed E-state index contributed by atoms with van der Waals surface area (Å²) in [5.41, 5.74) is 1.90. The van der Waals surface area contributed by atoms with E-state index in [9.17, 15) is 4.79 Å². The van der Waals surface area contributed by atoms with Gasteiger partial charge in [0.1, 0.15) is 11.6 Å². The maximum Gasteiger partial charge on any atom is 0.329 e. The summed E-state index contributed by atoms with van der Waals surface area (Å²) in [6.07, 6.45) is 1.72. The Morgan fingerprint density at radius 2 is 2.06 bits per heavy atom. The van der Waals surface area contributed by atoms with Crippen molar-refractivity contribution in [3.63, 3.8) is 0 Å². The number of nitrogens with one attached hydrogen (secondary N) is 1. The van der Waals surface area contributed by atoms with E-state index in [0.29, 0.717) is 0 Å². The molecule has 0 amide bonds. The third kappa shape index (κ3) is 2.99. The number of hydrogen-bond acceptors (Lipinski definition) is 3. The Morgan fingerprint density at radius 3 is 2.76 bits per heavy atom. The van der Waals surface area contributed by atoms with Crippen LogP contribution in [0, 0.1) is 0 Å². The highest BCUT2D eigenvalue weighted by molar-refractivity contribution is 5.81. The Morgan fingerprint density at radius 1 is 1.35 bits per heavy atom. The first-order valence-corrected chi connectivity index (χ1v) is 6.03. The van der Waals surface area contributed by atoms with Crippen molar-refractivity contribution < 1.29 is 9.53 Å². The molecule has 0 radical (unpaired) electrons. The zero-order valence-electron chi connectivity index (χ0n) is 10.6. The lowest BCUT2D eigenvalue weighted by Gasteiger charge is -2.28. The highest BCUT2D eigenvalue weighted by atomic mass is 16.6. The van der Waals surface area contributed by atoms with Crippen LogP contribution in [0.5, 0.6) is 0 Å². The molecule has 1 aliphatic heterocycles. The number of ether oxygens (including phenoxy) is 1. The topological polar surface area (TPSA) is 38.3 Å². The van der Waals surface area contributed by atoms with Crippen molar-refractivity contribution in [1.82, 2.24) is 0 Å². The van der Waals surface area contributed by atoms with Crippen LogP contribution in [-0.2, 0) is 16.0 Å². The van der Waals surface area contributed by atoms with Gasteiger partial charge in [-0.25, -0.2) is 4.79 Å². The maximum absolute atomic E-state index is 11.9. The molecule has 0 bridgehead atoms. The van der Waals surface area contributed by atoms with Crippen molar-refractivity contribution in [3.8, 4) is 0 Å². The quantitative estimate of drug-likeness (QED) is 0.758. The molecule has 2 rings (SSSR count). The smallest absolute Gasteiger partial charge is 0.329 e. The minimum absolute atomic E-state index is 0.160. The molecule has 0 saturated carbocycles. The van der Waals surface area contributed by atoms with E-state index in [4.69, 9.17) is 4.74 Å². The summed E-state index contributed by atoms with van der Waals surface area (Å²) in [5.74, 6) is -0.160. The fraction of sp³-hybridized carbons (Fsp3) is 0.500. The highest BCUT2D eigenvalue weighted by Gasteiger charge is 2.28. The first-order chi connectivity index (χ1) is 7.96. The van der Waals surface area contributed by atoms with Gasteiger partial charge in [0.25, 0.3) is 0 Å². The average molecular weight is 233 g/mol. The summed E-state index contributed by atoms with van der Waals surface area (Å²) in [6.45, 7) is 5.67. The second kappa shape index (κ2) is 4.40. The standard InChI is InChI=1S/C14H19NO2/c1-14(2,3)17-13(16)12-9-8-10-6-4-5-7-11(10)15-12/h4-7,12,15H,8-9H2,1-3H3/t12-/m0/s1. The lowest BCUT2D eigenvalue weighted by molar-refractivity contribution is -0.156. The molecule has 0 spiro atoms. The van der Waals surface area contributed by atoms with Gasteiger partial charge in [-0.15, -0.1) is 0 Å². The zero-order chi connectivity index (χ0) is 12.5. The van der Waals surface area contributed by atoms with Gasteiger partial charge >= 0.3 is 5.97 Å². The SMILES string of the molecule is CC(C)(C)OC(=O)[C@@H]1CCc2ccccc2N1. The third-order valence-electron chi connectivity index (χ3n) is 2.74. The summed E-state index contributed by atoms with van der Waals surface area (Å²) in [6, 6.07) is 7.88. The summed E-state index contributed by atoms with van der Waals surface area (Å²) < 4.78 is 5.39. The maximum atomic E-state index is 11.9. The molecule has 17 heavy (non-hydrogen) atoms. The van der Waals surface area contributed by atoms with E-state index in [2.05, 4.69) is 11.4 Å². The summed E-state index contributed by atoms with van der Waals surface area (Å²) in [5, 5.41) is 3.24. The van der Waals surface area contributed by atoms with Crippen LogP contribution in [0.2, 0.25) is 0 Å². The molecule has 1 aliphatic rings. The summed E-state index contributed by atoms with van der Waals surface area (Å²) in [4.78, 5) is 11.9. The number of benzene rings is 1. The number of rotatable bonds is 1. The lowest BCUT2D eigenvalue weighted by Crippen LogP contribution is -2.38. The van der Waals surface area contributed by atoms with Crippen LogP contribution >= 0.6 is 0 Å². The van der Waals surface area contributed by atoms with E-state index in [1.807, 2.05) is 39.0 Å². The van der Waals surface area contributed by atoms with Gasteiger partial charge in [-0.3, -0.25) is 0 Å². The molecule has 1 atom stereocenters. The van der Waals surface area contributed by atoms with Gasteiger partial charge in [-0.05, 0) is 45.2 Å². The number of fused-ring (bicyclic) bond motifs is 1. The molecule has 1 heterocycles. The van der Waals surface area contributed by atoms with E-state index in [1.54, 1.807) is 0 Å². The molecule has 1 aromatic rings. The Balaban J connectivity index is 2.05. The molecule has 92 valence electrons. The molecule has 1 N–H and O–H groups in total. The molecular weight excluding hydrogens is 214 g/mol. The Hall–Kier alpha value is -1.51. The number of anilines is 1. The number of aryl methyl sites for hydroxylation is 1. The van der Waals surface area contributed by atoms with Crippen molar-refractivity contribution in [2.24, 2.45) is 0 Å². The first kappa shape index (κ1) is 12.0. The Labute approximate surface area is 102 Å². The number of carbonyl (C=O) groups is 1. The van der Waals surface area contributed by atoms with Crippen LogP contribution in [0.3, 0.4) is 0 Å². The van der Waals surface area contributed by atoms with Gasteiger partial charge in [-0.1, -0.05) is 18.2 Å². The number of carbonyl (C=O) groups excluding carboxylic acids is 1. The van der Waals surface area contributed by atoms with Gasteiger partial charge in [0, 0.05) is 5.69 Å². The van der Waals surface area contributed by atoms with Crippen molar-refractivity contribution in [2.75, 3.05) is 5.32 Å².